The Morgan fingerprint density at radius 2 is 1.68 bits per heavy atom. The Bertz CT molecular complexity index is 1150. The number of likely N-dealkylation sites (N-methyl/N-ethyl adjacent to an activating group) is 1. The molecule has 0 spiro atoms. The predicted octanol–water partition coefficient (Wildman–Crippen LogP) is 5.48. The highest BCUT2D eigenvalue weighted by atomic mass is 16.5. The summed E-state index contributed by atoms with van der Waals surface area (Å²) in [5.74, 6) is 2.27. The average molecular weight is 422 g/mol. The zero-order valence-electron chi connectivity index (χ0n) is 19.4. The van der Waals surface area contributed by atoms with Crippen molar-refractivity contribution in [2.75, 3.05) is 28.4 Å². The summed E-state index contributed by atoms with van der Waals surface area (Å²) in [6.45, 7) is 6.44. The lowest BCUT2D eigenvalue weighted by Gasteiger charge is -2.39. The van der Waals surface area contributed by atoms with Gasteiger partial charge in [-0.1, -0.05) is 18.2 Å². The van der Waals surface area contributed by atoms with Crippen LogP contribution in [0.5, 0.6) is 23.0 Å². The lowest BCUT2D eigenvalue weighted by Crippen LogP contribution is -2.38. The molecule has 164 valence electrons. The van der Waals surface area contributed by atoms with E-state index in [4.69, 9.17) is 14.2 Å². The quantitative estimate of drug-likeness (QED) is 0.604. The minimum atomic E-state index is 0.175. The molecule has 0 fully saturated rings. The Hall–Kier alpha value is -2.92. The van der Waals surface area contributed by atoms with Crippen LogP contribution in [0.15, 0.2) is 30.3 Å². The molecule has 0 aromatic heterocycles. The zero-order valence-corrected chi connectivity index (χ0v) is 19.4. The lowest BCUT2D eigenvalue weighted by atomic mass is 9.84. The fraction of sp³-hybridized carbons (Fsp3) is 0.385. The second-order valence-electron chi connectivity index (χ2n) is 8.43. The number of aromatic hydroxyl groups is 1. The molecule has 5 heteroatoms. The molecule has 0 aliphatic carbocycles. The van der Waals surface area contributed by atoms with E-state index in [1.54, 1.807) is 21.3 Å². The van der Waals surface area contributed by atoms with Gasteiger partial charge >= 0.3 is 0 Å². The predicted molar refractivity (Wildman–Crippen MR) is 125 cm³/mol. The van der Waals surface area contributed by atoms with Crippen LogP contribution in [0.1, 0.15) is 36.6 Å². The topological polar surface area (TPSA) is 51.2 Å². The molecule has 1 aliphatic rings. The van der Waals surface area contributed by atoms with Gasteiger partial charge in [0.2, 0.25) is 0 Å². The van der Waals surface area contributed by atoms with Gasteiger partial charge in [0.1, 0.15) is 23.0 Å². The highest BCUT2D eigenvalue weighted by Crippen LogP contribution is 2.53. The van der Waals surface area contributed by atoms with E-state index >= 15 is 0 Å². The molecular formula is C26H31NO4. The van der Waals surface area contributed by atoms with E-state index in [2.05, 4.69) is 37.9 Å². The number of benzene rings is 3. The normalized spacial score (nSPS) is 18.7. The van der Waals surface area contributed by atoms with Crippen LogP contribution < -0.4 is 14.2 Å². The SMILES string of the molecule is COc1cc2c(c(OC)c1-c1c(C)cc3cccc(OC)c3c1O)[C@@H](C)N(C)[C@H](C)C2. The Balaban J connectivity index is 2.11. The maximum absolute atomic E-state index is 11.5. The van der Waals surface area contributed by atoms with Gasteiger partial charge in [-0.25, -0.2) is 0 Å². The largest absolute Gasteiger partial charge is 0.506 e. The molecule has 0 radical (unpaired) electrons. The third-order valence-electron chi connectivity index (χ3n) is 6.80. The smallest absolute Gasteiger partial charge is 0.135 e. The highest BCUT2D eigenvalue weighted by Gasteiger charge is 2.33. The molecule has 1 N–H and O–H groups in total. The molecular weight excluding hydrogens is 390 g/mol. The van der Waals surface area contributed by atoms with E-state index in [-0.39, 0.29) is 11.8 Å². The zero-order chi connectivity index (χ0) is 22.4. The van der Waals surface area contributed by atoms with Crippen molar-refractivity contribution in [1.82, 2.24) is 4.90 Å². The van der Waals surface area contributed by atoms with Crippen molar-refractivity contribution < 1.29 is 19.3 Å². The molecule has 0 saturated carbocycles. The molecule has 1 heterocycles. The van der Waals surface area contributed by atoms with E-state index in [9.17, 15) is 5.11 Å². The number of ether oxygens (including phenoxy) is 3. The van der Waals surface area contributed by atoms with Gasteiger partial charge in [-0.15, -0.1) is 0 Å². The van der Waals surface area contributed by atoms with Gasteiger partial charge in [0, 0.05) is 23.2 Å². The first kappa shape index (κ1) is 21.3. The molecule has 2 atom stereocenters. The van der Waals surface area contributed by atoms with Crippen LogP contribution >= 0.6 is 0 Å². The Labute approximate surface area is 184 Å². The highest BCUT2D eigenvalue weighted by molar-refractivity contribution is 6.02. The Kier molecular flexibility index (Phi) is 5.48. The summed E-state index contributed by atoms with van der Waals surface area (Å²) in [6, 6.07) is 10.5. The van der Waals surface area contributed by atoms with Crippen molar-refractivity contribution >= 4 is 10.8 Å². The summed E-state index contributed by atoms with van der Waals surface area (Å²) in [5, 5.41) is 13.1. The second kappa shape index (κ2) is 7.97. The summed E-state index contributed by atoms with van der Waals surface area (Å²) in [5.41, 5.74) is 4.81. The van der Waals surface area contributed by atoms with E-state index < -0.39 is 0 Å². The van der Waals surface area contributed by atoms with Gasteiger partial charge in [-0.2, -0.15) is 0 Å². The first-order valence-corrected chi connectivity index (χ1v) is 10.6. The first-order valence-electron chi connectivity index (χ1n) is 10.6. The van der Waals surface area contributed by atoms with E-state index in [0.717, 1.165) is 34.2 Å². The van der Waals surface area contributed by atoms with Crippen molar-refractivity contribution in [3.63, 3.8) is 0 Å². The average Bonchev–Trinajstić information content (AvgIpc) is 2.76. The van der Waals surface area contributed by atoms with Crippen LogP contribution in [0.25, 0.3) is 21.9 Å². The molecule has 5 nitrogen and oxygen atoms in total. The molecule has 3 aromatic rings. The summed E-state index contributed by atoms with van der Waals surface area (Å²) >= 11 is 0. The van der Waals surface area contributed by atoms with Crippen molar-refractivity contribution in [2.24, 2.45) is 0 Å². The summed E-state index contributed by atoms with van der Waals surface area (Å²) in [4.78, 5) is 2.36. The van der Waals surface area contributed by atoms with Gasteiger partial charge in [0.05, 0.1) is 32.3 Å². The minimum Gasteiger partial charge on any atom is -0.506 e. The number of methoxy groups -OCH3 is 3. The molecule has 0 saturated heterocycles. The molecule has 0 unspecified atom stereocenters. The fourth-order valence-corrected chi connectivity index (χ4v) is 5.01. The van der Waals surface area contributed by atoms with Gasteiger partial charge in [0.15, 0.2) is 0 Å². The van der Waals surface area contributed by atoms with Crippen LogP contribution in [-0.4, -0.2) is 44.4 Å². The summed E-state index contributed by atoms with van der Waals surface area (Å²) < 4.78 is 17.4. The second-order valence-corrected chi connectivity index (χ2v) is 8.43. The van der Waals surface area contributed by atoms with Gasteiger partial charge in [0.25, 0.3) is 0 Å². The van der Waals surface area contributed by atoms with E-state index in [0.29, 0.717) is 28.5 Å². The molecule has 0 amide bonds. The molecule has 31 heavy (non-hydrogen) atoms. The maximum Gasteiger partial charge on any atom is 0.135 e. The fourth-order valence-electron chi connectivity index (χ4n) is 5.01. The third-order valence-corrected chi connectivity index (χ3v) is 6.80. The van der Waals surface area contributed by atoms with Crippen molar-refractivity contribution in [1.29, 1.82) is 0 Å². The molecule has 0 bridgehead atoms. The summed E-state index contributed by atoms with van der Waals surface area (Å²) in [7, 11) is 7.12. The number of hydrogen-bond donors (Lipinski definition) is 1. The Morgan fingerprint density at radius 1 is 0.968 bits per heavy atom. The van der Waals surface area contributed by atoms with Crippen molar-refractivity contribution in [3.05, 3.63) is 47.0 Å². The first-order chi connectivity index (χ1) is 14.8. The number of aryl methyl sites for hydroxylation is 1. The van der Waals surface area contributed by atoms with E-state index in [1.165, 1.54) is 5.56 Å². The standard InChI is InChI=1S/C26H31NO4/c1-14-11-17-9-8-10-19(29-5)23(17)25(28)21(14)24-20(30-6)13-18-12-15(2)27(4)16(3)22(18)26(24)31-7/h8-11,13,15-16,28H,12H2,1-7H3/t15-,16-/m1/s1. The molecule has 4 rings (SSSR count). The van der Waals surface area contributed by atoms with Crippen LogP contribution in [0.4, 0.5) is 0 Å². The van der Waals surface area contributed by atoms with E-state index in [1.807, 2.05) is 25.1 Å². The van der Waals surface area contributed by atoms with Crippen LogP contribution in [0.3, 0.4) is 0 Å². The van der Waals surface area contributed by atoms with Gasteiger partial charge in [-0.05, 0) is 62.9 Å². The number of fused-ring (bicyclic) bond motifs is 2. The molecule has 1 aliphatic heterocycles. The number of phenols is 1. The monoisotopic (exact) mass is 421 g/mol. The number of rotatable bonds is 4. The van der Waals surface area contributed by atoms with Crippen LogP contribution in [0, 0.1) is 6.92 Å². The minimum absolute atomic E-state index is 0.175. The third kappa shape index (κ3) is 3.19. The van der Waals surface area contributed by atoms with Gasteiger partial charge in [-0.3, -0.25) is 4.90 Å². The van der Waals surface area contributed by atoms with Crippen molar-refractivity contribution in [3.8, 4) is 34.1 Å². The maximum atomic E-state index is 11.5. The number of nitrogens with zero attached hydrogens (tertiary/aromatic N) is 1. The van der Waals surface area contributed by atoms with Gasteiger partial charge < -0.3 is 19.3 Å². The summed E-state index contributed by atoms with van der Waals surface area (Å²) in [6.07, 6.45) is 0.916. The number of phenolic OH excluding ortho intramolecular Hbond substituents is 1. The lowest BCUT2D eigenvalue weighted by molar-refractivity contribution is 0.175. The number of hydrogen-bond acceptors (Lipinski definition) is 5. The van der Waals surface area contributed by atoms with Crippen LogP contribution in [0.2, 0.25) is 0 Å². The Morgan fingerprint density at radius 3 is 2.32 bits per heavy atom. The van der Waals surface area contributed by atoms with Crippen molar-refractivity contribution in [2.45, 2.75) is 39.3 Å². The molecule has 3 aromatic carbocycles. The van der Waals surface area contributed by atoms with Crippen LogP contribution in [-0.2, 0) is 6.42 Å².